The Bertz CT molecular complexity index is 556. The normalized spacial score (nSPS) is 26.8. The van der Waals surface area contributed by atoms with Crippen LogP contribution in [0.15, 0.2) is 4.99 Å². The van der Waals surface area contributed by atoms with Gasteiger partial charge in [0.25, 0.3) is 0 Å². The molecule has 0 aromatic heterocycles. The van der Waals surface area contributed by atoms with Gasteiger partial charge in [-0.25, -0.2) is 4.99 Å². The van der Waals surface area contributed by atoms with Crippen LogP contribution in [0.4, 0.5) is 0 Å². The minimum atomic E-state index is 0.0285. The summed E-state index contributed by atoms with van der Waals surface area (Å²) in [5.74, 6) is 1.52. The SMILES string of the molecule is CCN1CCCC1CNC(=NCC(=O)N(C)C)NC1CCN(CC2CCOC2)CC1. The van der Waals surface area contributed by atoms with E-state index in [-0.39, 0.29) is 12.5 Å². The lowest BCUT2D eigenvalue weighted by Crippen LogP contribution is -2.51. The summed E-state index contributed by atoms with van der Waals surface area (Å²) in [6.07, 6.45) is 5.92. The smallest absolute Gasteiger partial charge is 0.243 e. The second-order valence-electron chi connectivity index (χ2n) is 9.21. The third kappa shape index (κ3) is 7.10. The van der Waals surface area contributed by atoms with Gasteiger partial charge in [0.15, 0.2) is 5.96 Å². The molecule has 2 atom stereocenters. The number of ether oxygens (including phenoxy) is 1. The fraction of sp³-hybridized carbons (Fsp3) is 0.909. The highest BCUT2D eigenvalue weighted by molar-refractivity contribution is 5.85. The number of carbonyl (C=O) groups is 1. The van der Waals surface area contributed by atoms with Crippen molar-refractivity contribution in [1.82, 2.24) is 25.3 Å². The molecule has 3 rings (SSSR count). The third-order valence-corrected chi connectivity index (χ3v) is 6.75. The average molecular weight is 423 g/mol. The van der Waals surface area contributed by atoms with Crippen molar-refractivity contribution < 1.29 is 9.53 Å². The predicted octanol–water partition coefficient (Wildman–Crippen LogP) is 0.595. The van der Waals surface area contributed by atoms with Gasteiger partial charge >= 0.3 is 0 Å². The Morgan fingerprint density at radius 3 is 2.63 bits per heavy atom. The standard InChI is InChI=1S/C22H42N6O2/c1-4-28-10-5-6-20(28)14-23-22(24-15-21(29)26(2)3)25-19-7-11-27(12-8-19)16-18-9-13-30-17-18/h18-20H,4-17H2,1-3H3,(H2,23,24,25). The monoisotopic (exact) mass is 422 g/mol. The maximum Gasteiger partial charge on any atom is 0.243 e. The number of aliphatic imine (C=N–C) groups is 1. The van der Waals surface area contributed by atoms with Gasteiger partial charge in [-0.2, -0.15) is 0 Å². The number of nitrogens with zero attached hydrogens (tertiary/aromatic N) is 4. The number of guanidine groups is 1. The minimum Gasteiger partial charge on any atom is -0.381 e. The fourth-order valence-corrected chi connectivity index (χ4v) is 4.74. The van der Waals surface area contributed by atoms with Crippen molar-refractivity contribution in [1.29, 1.82) is 0 Å². The van der Waals surface area contributed by atoms with Gasteiger partial charge < -0.3 is 25.2 Å². The first-order valence-corrected chi connectivity index (χ1v) is 11.8. The lowest BCUT2D eigenvalue weighted by molar-refractivity contribution is -0.127. The van der Waals surface area contributed by atoms with Crippen molar-refractivity contribution in [2.24, 2.45) is 10.9 Å². The van der Waals surface area contributed by atoms with Gasteiger partial charge in [0, 0.05) is 59.0 Å². The fourth-order valence-electron chi connectivity index (χ4n) is 4.74. The van der Waals surface area contributed by atoms with Crippen molar-refractivity contribution in [2.75, 3.05) is 73.1 Å². The van der Waals surface area contributed by atoms with Crippen LogP contribution in [-0.2, 0) is 9.53 Å². The first kappa shape index (κ1) is 23.3. The van der Waals surface area contributed by atoms with Gasteiger partial charge in [-0.3, -0.25) is 9.69 Å². The molecule has 8 heteroatoms. The summed E-state index contributed by atoms with van der Waals surface area (Å²) < 4.78 is 5.52. The van der Waals surface area contributed by atoms with Crippen LogP contribution in [0.3, 0.4) is 0 Å². The van der Waals surface area contributed by atoms with Gasteiger partial charge in [0.1, 0.15) is 6.54 Å². The molecule has 0 aromatic rings. The molecule has 0 aliphatic carbocycles. The summed E-state index contributed by atoms with van der Waals surface area (Å²) >= 11 is 0. The Morgan fingerprint density at radius 1 is 1.17 bits per heavy atom. The summed E-state index contributed by atoms with van der Waals surface area (Å²) in [5.41, 5.74) is 0. The third-order valence-electron chi connectivity index (χ3n) is 6.75. The molecule has 0 spiro atoms. The molecule has 2 N–H and O–H groups in total. The van der Waals surface area contributed by atoms with Crippen LogP contribution in [0, 0.1) is 5.92 Å². The highest BCUT2D eigenvalue weighted by Crippen LogP contribution is 2.18. The molecular formula is C22H42N6O2. The Hall–Kier alpha value is -1.38. The molecule has 3 heterocycles. The largest absolute Gasteiger partial charge is 0.381 e. The number of likely N-dealkylation sites (tertiary alicyclic amines) is 2. The lowest BCUT2D eigenvalue weighted by Gasteiger charge is -2.34. The molecule has 3 aliphatic heterocycles. The number of piperidine rings is 1. The zero-order chi connectivity index (χ0) is 21.3. The quantitative estimate of drug-likeness (QED) is 0.441. The van der Waals surface area contributed by atoms with E-state index in [1.165, 1.54) is 25.8 Å². The molecule has 30 heavy (non-hydrogen) atoms. The highest BCUT2D eigenvalue weighted by Gasteiger charge is 2.26. The zero-order valence-electron chi connectivity index (χ0n) is 19.2. The van der Waals surface area contributed by atoms with Gasteiger partial charge in [-0.05, 0) is 51.1 Å². The number of amides is 1. The Labute approximate surface area is 182 Å². The average Bonchev–Trinajstić information content (AvgIpc) is 3.42. The predicted molar refractivity (Wildman–Crippen MR) is 121 cm³/mol. The van der Waals surface area contributed by atoms with Crippen LogP contribution in [0.5, 0.6) is 0 Å². The summed E-state index contributed by atoms with van der Waals surface area (Å²) in [4.78, 5) is 23.4. The van der Waals surface area contributed by atoms with E-state index in [4.69, 9.17) is 4.74 Å². The second-order valence-corrected chi connectivity index (χ2v) is 9.21. The number of rotatable bonds is 8. The number of nitrogens with one attached hydrogen (secondary N) is 2. The lowest BCUT2D eigenvalue weighted by atomic mass is 10.0. The number of hydrogen-bond acceptors (Lipinski definition) is 5. The molecule has 0 aromatic carbocycles. The van der Waals surface area contributed by atoms with E-state index in [1.54, 1.807) is 19.0 Å². The van der Waals surface area contributed by atoms with Gasteiger partial charge in [0.05, 0.1) is 6.61 Å². The van der Waals surface area contributed by atoms with Crippen LogP contribution in [0.2, 0.25) is 0 Å². The Morgan fingerprint density at radius 2 is 1.97 bits per heavy atom. The molecule has 3 fully saturated rings. The van der Waals surface area contributed by atoms with Crippen LogP contribution >= 0.6 is 0 Å². The summed E-state index contributed by atoms with van der Waals surface area (Å²) in [5, 5.41) is 7.15. The minimum absolute atomic E-state index is 0.0285. The number of likely N-dealkylation sites (N-methyl/N-ethyl adjacent to an activating group) is 2. The van der Waals surface area contributed by atoms with E-state index in [9.17, 15) is 4.79 Å². The van der Waals surface area contributed by atoms with Crippen molar-refractivity contribution in [3.63, 3.8) is 0 Å². The second kappa shape index (κ2) is 11.9. The van der Waals surface area contributed by atoms with E-state index in [0.29, 0.717) is 18.0 Å². The topological polar surface area (TPSA) is 72.4 Å². The Balaban J connectivity index is 1.48. The number of hydrogen-bond donors (Lipinski definition) is 2. The van der Waals surface area contributed by atoms with Crippen molar-refractivity contribution in [3.8, 4) is 0 Å². The molecule has 0 radical (unpaired) electrons. The van der Waals surface area contributed by atoms with E-state index >= 15 is 0 Å². The van der Waals surface area contributed by atoms with Crippen molar-refractivity contribution in [3.05, 3.63) is 0 Å². The number of carbonyl (C=O) groups excluding carboxylic acids is 1. The zero-order valence-corrected chi connectivity index (χ0v) is 19.2. The maximum absolute atomic E-state index is 12.0. The molecule has 1 amide bonds. The molecular weight excluding hydrogens is 380 g/mol. The highest BCUT2D eigenvalue weighted by atomic mass is 16.5. The van der Waals surface area contributed by atoms with E-state index in [0.717, 1.165) is 64.7 Å². The van der Waals surface area contributed by atoms with Crippen LogP contribution in [0.1, 0.15) is 39.0 Å². The maximum atomic E-state index is 12.0. The summed E-state index contributed by atoms with van der Waals surface area (Å²) in [6.45, 7) is 10.8. The van der Waals surface area contributed by atoms with Gasteiger partial charge in [-0.15, -0.1) is 0 Å². The first-order valence-electron chi connectivity index (χ1n) is 11.8. The molecule has 0 bridgehead atoms. The molecule has 3 saturated heterocycles. The molecule has 2 unspecified atom stereocenters. The van der Waals surface area contributed by atoms with E-state index in [1.807, 2.05) is 0 Å². The van der Waals surface area contributed by atoms with Gasteiger partial charge in [0.2, 0.25) is 5.91 Å². The van der Waals surface area contributed by atoms with Crippen molar-refractivity contribution >= 4 is 11.9 Å². The van der Waals surface area contributed by atoms with Crippen molar-refractivity contribution in [2.45, 2.75) is 51.1 Å². The van der Waals surface area contributed by atoms with Crippen LogP contribution in [-0.4, -0.2) is 112 Å². The Kier molecular flexibility index (Phi) is 9.21. The molecule has 172 valence electrons. The molecule has 0 saturated carbocycles. The molecule has 3 aliphatic rings. The van der Waals surface area contributed by atoms with Crippen LogP contribution in [0.25, 0.3) is 0 Å². The van der Waals surface area contributed by atoms with E-state index < -0.39 is 0 Å². The van der Waals surface area contributed by atoms with Crippen LogP contribution < -0.4 is 10.6 Å². The summed E-state index contributed by atoms with van der Waals surface area (Å²) in [7, 11) is 3.56. The summed E-state index contributed by atoms with van der Waals surface area (Å²) in [6, 6.07) is 0.967. The first-order chi connectivity index (χ1) is 14.5. The van der Waals surface area contributed by atoms with E-state index in [2.05, 4.69) is 32.3 Å². The van der Waals surface area contributed by atoms with Gasteiger partial charge in [-0.1, -0.05) is 6.92 Å². The molecule has 8 nitrogen and oxygen atoms in total.